The van der Waals surface area contributed by atoms with Crippen LogP contribution in [-0.2, 0) is 16.1 Å². The number of fused-ring (bicyclic) bond motifs is 3. The number of amides is 2. The zero-order chi connectivity index (χ0) is 22.9. The highest BCUT2D eigenvalue weighted by Crippen LogP contribution is 2.37. The maximum absolute atomic E-state index is 13.5. The van der Waals surface area contributed by atoms with Crippen molar-refractivity contribution in [1.82, 2.24) is 14.5 Å². The molecule has 0 radical (unpaired) electrons. The highest BCUT2D eigenvalue weighted by molar-refractivity contribution is 6.05. The molecule has 33 heavy (non-hydrogen) atoms. The predicted octanol–water partition coefficient (Wildman–Crippen LogP) is 3.87. The zero-order valence-electron chi connectivity index (χ0n) is 18.4. The number of ether oxygens (including phenoxy) is 1. The number of hydrogen-bond acceptors (Lipinski definition) is 5. The van der Waals surface area contributed by atoms with Crippen LogP contribution >= 0.6 is 0 Å². The van der Waals surface area contributed by atoms with Crippen molar-refractivity contribution in [2.24, 2.45) is 0 Å². The third-order valence-electron chi connectivity index (χ3n) is 5.74. The normalized spacial score (nSPS) is 15.0. The van der Waals surface area contributed by atoms with Crippen molar-refractivity contribution < 1.29 is 14.3 Å². The lowest BCUT2D eigenvalue weighted by Gasteiger charge is -2.16. The molecule has 0 spiro atoms. The first-order valence-corrected chi connectivity index (χ1v) is 10.7. The number of methoxy groups -OCH3 is 1. The van der Waals surface area contributed by atoms with Crippen LogP contribution in [0.3, 0.4) is 0 Å². The number of nitrogens with one attached hydrogen (secondary N) is 1. The summed E-state index contributed by atoms with van der Waals surface area (Å²) in [4.78, 5) is 37.2. The molecule has 166 valence electrons. The molecule has 0 unspecified atom stereocenters. The van der Waals surface area contributed by atoms with E-state index in [1.54, 1.807) is 18.2 Å². The molecule has 2 amide bonds. The summed E-state index contributed by atoms with van der Waals surface area (Å²) in [6.45, 7) is 2.22. The first-order chi connectivity index (χ1) is 16.0. The van der Waals surface area contributed by atoms with Gasteiger partial charge in [0.15, 0.2) is 0 Å². The summed E-state index contributed by atoms with van der Waals surface area (Å²) in [7, 11) is 1.56. The van der Waals surface area contributed by atoms with Crippen LogP contribution in [0.4, 0.5) is 11.6 Å². The van der Waals surface area contributed by atoms with Gasteiger partial charge in [0.1, 0.15) is 11.8 Å². The van der Waals surface area contributed by atoms with Gasteiger partial charge in [0.2, 0.25) is 11.9 Å². The summed E-state index contributed by atoms with van der Waals surface area (Å²) in [5.41, 5.74) is 3.91. The number of aromatic nitrogens is 3. The van der Waals surface area contributed by atoms with Gasteiger partial charge >= 0.3 is 0 Å². The van der Waals surface area contributed by atoms with Crippen molar-refractivity contribution >= 4 is 34.5 Å². The molecule has 8 nitrogen and oxygen atoms in total. The minimum atomic E-state index is -0.702. The standard InChI is InChI=1S/C25H23N5O3/c1-16-10-11-22(33-2)19(13-16)27-23(31)14-21-24(32)29(15-17-7-5-6-12-26-17)25-28-18-8-3-4-9-20(18)30(21)25/h3-13,21H,14-15H2,1-2H3,(H,27,31)/t21-/m1/s1. The molecular weight excluding hydrogens is 418 g/mol. The van der Waals surface area contributed by atoms with Crippen molar-refractivity contribution in [2.45, 2.75) is 25.9 Å². The fourth-order valence-electron chi connectivity index (χ4n) is 4.20. The van der Waals surface area contributed by atoms with Crippen LogP contribution in [0.25, 0.3) is 11.0 Å². The Morgan fingerprint density at radius 3 is 2.73 bits per heavy atom. The summed E-state index contributed by atoms with van der Waals surface area (Å²) >= 11 is 0. The molecular formula is C25H23N5O3. The van der Waals surface area contributed by atoms with E-state index in [9.17, 15) is 9.59 Å². The van der Waals surface area contributed by atoms with Crippen molar-refractivity contribution in [3.63, 3.8) is 0 Å². The maximum atomic E-state index is 13.5. The number of benzene rings is 2. The lowest BCUT2D eigenvalue weighted by atomic mass is 10.1. The second-order valence-corrected chi connectivity index (χ2v) is 7.99. The molecule has 5 rings (SSSR count). The molecule has 1 atom stereocenters. The second-order valence-electron chi connectivity index (χ2n) is 7.99. The van der Waals surface area contributed by atoms with Crippen molar-refractivity contribution in [3.05, 3.63) is 78.1 Å². The molecule has 0 aliphatic carbocycles. The number of para-hydroxylation sites is 2. The Bertz CT molecular complexity index is 1350. The third kappa shape index (κ3) is 3.80. The van der Waals surface area contributed by atoms with E-state index in [4.69, 9.17) is 9.72 Å². The number of nitrogens with zero attached hydrogens (tertiary/aromatic N) is 4. The average molecular weight is 441 g/mol. The summed E-state index contributed by atoms with van der Waals surface area (Å²) in [5.74, 6) is 0.635. The molecule has 0 bridgehead atoms. The van der Waals surface area contributed by atoms with Gasteiger partial charge in [-0.15, -0.1) is 0 Å². The number of aryl methyl sites for hydroxylation is 1. The van der Waals surface area contributed by atoms with E-state index in [1.165, 1.54) is 0 Å². The smallest absolute Gasteiger partial charge is 0.253 e. The Labute approximate surface area is 190 Å². The van der Waals surface area contributed by atoms with Crippen LogP contribution in [0, 0.1) is 6.92 Å². The third-order valence-corrected chi connectivity index (χ3v) is 5.74. The Morgan fingerprint density at radius 2 is 1.94 bits per heavy atom. The molecule has 4 aromatic rings. The first kappa shape index (κ1) is 20.7. The molecule has 0 fully saturated rings. The van der Waals surface area contributed by atoms with E-state index < -0.39 is 6.04 Å². The predicted molar refractivity (Wildman–Crippen MR) is 125 cm³/mol. The lowest BCUT2D eigenvalue weighted by Crippen LogP contribution is -2.31. The van der Waals surface area contributed by atoms with Gasteiger partial charge < -0.3 is 10.1 Å². The number of carbonyl (C=O) groups is 2. The Hall–Kier alpha value is -4.20. The number of hydrogen-bond donors (Lipinski definition) is 1. The first-order valence-electron chi connectivity index (χ1n) is 10.7. The van der Waals surface area contributed by atoms with Gasteiger partial charge in [0.05, 0.1) is 42.5 Å². The molecule has 0 saturated carbocycles. The molecule has 8 heteroatoms. The van der Waals surface area contributed by atoms with Crippen LogP contribution in [0.1, 0.15) is 23.7 Å². The SMILES string of the molecule is COc1ccc(C)cc1NC(=O)C[C@@H]1C(=O)N(Cc2ccccn2)c2nc3ccccc3n21. The van der Waals surface area contributed by atoms with Crippen LogP contribution in [-0.4, -0.2) is 33.5 Å². The van der Waals surface area contributed by atoms with Crippen molar-refractivity contribution in [3.8, 4) is 5.75 Å². The number of rotatable bonds is 6. The van der Waals surface area contributed by atoms with Gasteiger partial charge in [-0.3, -0.25) is 24.0 Å². The Morgan fingerprint density at radius 1 is 1.12 bits per heavy atom. The van der Waals surface area contributed by atoms with Crippen LogP contribution < -0.4 is 15.0 Å². The molecule has 1 aliphatic rings. The van der Waals surface area contributed by atoms with Gasteiger partial charge in [-0.2, -0.15) is 0 Å². The van der Waals surface area contributed by atoms with Crippen molar-refractivity contribution in [1.29, 1.82) is 0 Å². The summed E-state index contributed by atoms with van der Waals surface area (Å²) in [6.07, 6.45) is 1.67. The van der Waals surface area contributed by atoms with E-state index in [0.717, 1.165) is 22.3 Å². The van der Waals surface area contributed by atoms with E-state index in [1.807, 2.05) is 72.2 Å². The van der Waals surface area contributed by atoms with Crippen LogP contribution in [0.5, 0.6) is 5.75 Å². The van der Waals surface area contributed by atoms with Crippen LogP contribution in [0.15, 0.2) is 66.9 Å². The maximum Gasteiger partial charge on any atom is 0.253 e. The van der Waals surface area contributed by atoms with Gasteiger partial charge in [-0.25, -0.2) is 4.98 Å². The van der Waals surface area contributed by atoms with Gasteiger partial charge in [0.25, 0.3) is 5.91 Å². The monoisotopic (exact) mass is 441 g/mol. The fourth-order valence-corrected chi connectivity index (χ4v) is 4.20. The highest BCUT2D eigenvalue weighted by atomic mass is 16.5. The van der Waals surface area contributed by atoms with Gasteiger partial charge in [0, 0.05) is 6.20 Å². The summed E-state index contributed by atoms with van der Waals surface area (Å²) in [6, 6.07) is 18.1. The highest BCUT2D eigenvalue weighted by Gasteiger charge is 2.41. The molecule has 2 aromatic carbocycles. The number of carbonyl (C=O) groups excluding carboxylic acids is 2. The fraction of sp³-hybridized carbons (Fsp3) is 0.200. The van der Waals surface area contributed by atoms with Crippen molar-refractivity contribution in [2.75, 3.05) is 17.3 Å². The summed E-state index contributed by atoms with van der Waals surface area (Å²) in [5, 5.41) is 2.90. The molecule has 1 N–H and O–H groups in total. The molecule has 2 aromatic heterocycles. The Balaban J connectivity index is 1.47. The van der Waals surface area contributed by atoms with E-state index in [-0.39, 0.29) is 24.8 Å². The minimum absolute atomic E-state index is 0.0258. The topological polar surface area (TPSA) is 89.3 Å². The number of pyridine rings is 1. The summed E-state index contributed by atoms with van der Waals surface area (Å²) < 4.78 is 7.22. The quantitative estimate of drug-likeness (QED) is 0.491. The molecule has 3 heterocycles. The van der Waals surface area contributed by atoms with E-state index in [2.05, 4.69) is 10.3 Å². The number of anilines is 2. The lowest BCUT2D eigenvalue weighted by molar-refractivity contribution is -0.124. The number of imidazole rings is 1. The largest absolute Gasteiger partial charge is 0.495 e. The second kappa shape index (κ2) is 8.38. The average Bonchev–Trinajstić information content (AvgIpc) is 3.31. The molecule has 0 saturated heterocycles. The van der Waals surface area contributed by atoms with Gasteiger partial charge in [-0.05, 0) is 48.9 Å². The molecule has 1 aliphatic heterocycles. The zero-order valence-corrected chi connectivity index (χ0v) is 18.4. The minimum Gasteiger partial charge on any atom is -0.495 e. The van der Waals surface area contributed by atoms with Crippen LogP contribution in [0.2, 0.25) is 0 Å². The van der Waals surface area contributed by atoms with E-state index >= 15 is 0 Å². The van der Waals surface area contributed by atoms with E-state index in [0.29, 0.717) is 17.4 Å². The van der Waals surface area contributed by atoms with Gasteiger partial charge in [-0.1, -0.05) is 24.3 Å². The Kier molecular flexibility index (Phi) is 5.26.